The quantitative estimate of drug-likeness (QED) is 0.698. The molecule has 0 aromatic heterocycles. The number of carbonyl (C=O) groups is 1. The number of hydrogen-bond donors (Lipinski definition) is 0. The summed E-state index contributed by atoms with van der Waals surface area (Å²) in [4.78, 5) is 11.0. The molecule has 0 aromatic rings. The standard InChI is InChI=1S/C12H20OS/c1-8(13)14-7-11-9-4-5-10(6-9)12(11,2)3/h9-11H,4-7H2,1-3H3. The van der Waals surface area contributed by atoms with E-state index in [0.717, 1.165) is 23.5 Å². The van der Waals surface area contributed by atoms with Crippen LogP contribution in [0.1, 0.15) is 40.0 Å². The molecule has 2 aliphatic rings. The minimum absolute atomic E-state index is 0.281. The fraction of sp³-hybridized carbons (Fsp3) is 0.917. The smallest absolute Gasteiger partial charge is 0.185 e. The van der Waals surface area contributed by atoms with Gasteiger partial charge in [0.1, 0.15) is 0 Å². The van der Waals surface area contributed by atoms with E-state index in [1.54, 1.807) is 6.92 Å². The Balaban J connectivity index is 2.01. The summed E-state index contributed by atoms with van der Waals surface area (Å²) in [6.07, 6.45) is 4.27. The fourth-order valence-corrected chi connectivity index (χ4v) is 4.64. The van der Waals surface area contributed by atoms with E-state index in [2.05, 4.69) is 13.8 Å². The third-order valence-electron chi connectivity index (χ3n) is 4.52. The SMILES string of the molecule is CC(=O)SCC1C2CCC(C2)C1(C)C. The first-order valence-corrected chi connectivity index (χ1v) is 6.63. The van der Waals surface area contributed by atoms with Gasteiger partial charge in [-0.25, -0.2) is 0 Å². The zero-order valence-corrected chi connectivity index (χ0v) is 10.2. The molecule has 0 radical (unpaired) electrons. The van der Waals surface area contributed by atoms with Crippen molar-refractivity contribution in [2.75, 3.05) is 5.75 Å². The van der Waals surface area contributed by atoms with Crippen molar-refractivity contribution in [1.82, 2.24) is 0 Å². The van der Waals surface area contributed by atoms with Crippen LogP contribution in [0.25, 0.3) is 0 Å². The molecular formula is C12H20OS. The molecule has 0 amide bonds. The molecule has 0 aliphatic heterocycles. The van der Waals surface area contributed by atoms with Crippen LogP contribution >= 0.6 is 11.8 Å². The van der Waals surface area contributed by atoms with Crippen molar-refractivity contribution in [2.24, 2.45) is 23.2 Å². The van der Waals surface area contributed by atoms with Crippen molar-refractivity contribution in [1.29, 1.82) is 0 Å². The predicted octanol–water partition coefficient (Wildman–Crippen LogP) is 3.34. The molecule has 2 heteroatoms. The minimum Gasteiger partial charge on any atom is -0.288 e. The van der Waals surface area contributed by atoms with Gasteiger partial charge in [0.25, 0.3) is 0 Å². The zero-order chi connectivity index (χ0) is 10.3. The molecule has 2 saturated carbocycles. The Morgan fingerprint density at radius 2 is 2.14 bits per heavy atom. The lowest BCUT2D eigenvalue weighted by molar-refractivity contribution is -0.109. The van der Waals surface area contributed by atoms with E-state index in [9.17, 15) is 4.79 Å². The van der Waals surface area contributed by atoms with E-state index in [0.29, 0.717) is 5.41 Å². The van der Waals surface area contributed by atoms with Crippen LogP contribution in [-0.4, -0.2) is 10.9 Å². The Bertz CT molecular complexity index is 247. The van der Waals surface area contributed by atoms with E-state index in [1.165, 1.54) is 31.0 Å². The highest BCUT2D eigenvalue weighted by Gasteiger charge is 2.52. The predicted molar refractivity (Wildman–Crippen MR) is 61.2 cm³/mol. The summed E-state index contributed by atoms with van der Waals surface area (Å²) in [6.45, 7) is 6.50. The normalized spacial score (nSPS) is 38.9. The maximum atomic E-state index is 11.0. The second-order valence-corrected chi connectivity index (χ2v) is 6.70. The lowest BCUT2D eigenvalue weighted by Crippen LogP contribution is -2.32. The summed E-state index contributed by atoms with van der Waals surface area (Å²) < 4.78 is 0. The number of thioether (sulfide) groups is 1. The lowest BCUT2D eigenvalue weighted by Gasteiger charge is -2.38. The van der Waals surface area contributed by atoms with E-state index < -0.39 is 0 Å². The molecule has 3 unspecified atom stereocenters. The first kappa shape index (κ1) is 10.5. The highest BCUT2D eigenvalue weighted by Crippen LogP contribution is 2.59. The average Bonchev–Trinajstić information content (AvgIpc) is 2.59. The van der Waals surface area contributed by atoms with Crippen LogP contribution < -0.4 is 0 Å². The summed E-state index contributed by atoms with van der Waals surface area (Å²) in [6, 6.07) is 0. The van der Waals surface area contributed by atoms with E-state index >= 15 is 0 Å². The molecule has 0 heterocycles. The lowest BCUT2D eigenvalue weighted by atomic mass is 9.69. The van der Waals surface area contributed by atoms with Gasteiger partial charge in [-0.2, -0.15) is 0 Å². The molecule has 2 rings (SSSR count). The minimum atomic E-state index is 0.281. The Morgan fingerprint density at radius 3 is 2.64 bits per heavy atom. The van der Waals surface area contributed by atoms with Crippen molar-refractivity contribution >= 4 is 16.9 Å². The van der Waals surface area contributed by atoms with Crippen molar-refractivity contribution in [3.63, 3.8) is 0 Å². The maximum Gasteiger partial charge on any atom is 0.185 e. The number of fused-ring (bicyclic) bond motifs is 2. The molecule has 0 spiro atoms. The molecule has 3 atom stereocenters. The van der Waals surface area contributed by atoms with E-state index in [-0.39, 0.29) is 5.12 Å². The molecule has 14 heavy (non-hydrogen) atoms. The van der Waals surface area contributed by atoms with Crippen LogP contribution in [0.2, 0.25) is 0 Å². The summed E-state index contributed by atoms with van der Waals surface area (Å²) in [5.74, 6) is 3.70. The molecule has 0 saturated heterocycles. The number of hydrogen-bond acceptors (Lipinski definition) is 2. The van der Waals surface area contributed by atoms with Crippen LogP contribution in [0, 0.1) is 23.2 Å². The maximum absolute atomic E-state index is 11.0. The van der Waals surface area contributed by atoms with Gasteiger partial charge in [-0.15, -0.1) is 0 Å². The van der Waals surface area contributed by atoms with Crippen LogP contribution in [-0.2, 0) is 4.79 Å². The highest BCUT2D eigenvalue weighted by molar-refractivity contribution is 8.13. The van der Waals surface area contributed by atoms with Gasteiger partial charge < -0.3 is 0 Å². The van der Waals surface area contributed by atoms with Crippen molar-refractivity contribution < 1.29 is 4.79 Å². The van der Waals surface area contributed by atoms with Gasteiger partial charge >= 0.3 is 0 Å². The third kappa shape index (κ3) is 1.62. The van der Waals surface area contributed by atoms with Gasteiger partial charge in [0.2, 0.25) is 0 Å². The molecule has 2 bridgehead atoms. The Morgan fingerprint density at radius 1 is 1.43 bits per heavy atom. The Kier molecular flexibility index (Phi) is 2.67. The molecule has 2 aliphatic carbocycles. The molecule has 2 fully saturated rings. The van der Waals surface area contributed by atoms with Crippen molar-refractivity contribution in [2.45, 2.75) is 40.0 Å². The van der Waals surface area contributed by atoms with Crippen LogP contribution in [0.5, 0.6) is 0 Å². The third-order valence-corrected chi connectivity index (χ3v) is 5.45. The van der Waals surface area contributed by atoms with Gasteiger partial charge in [0, 0.05) is 12.7 Å². The van der Waals surface area contributed by atoms with Gasteiger partial charge in [-0.1, -0.05) is 25.6 Å². The van der Waals surface area contributed by atoms with E-state index in [1.807, 2.05) is 0 Å². The second kappa shape index (κ2) is 3.55. The highest BCUT2D eigenvalue weighted by atomic mass is 32.2. The molecule has 1 nitrogen and oxygen atoms in total. The monoisotopic (exact) mass is 212 g/mol. The van der Waals surface area contributed by atoms with Gasteiger partial charge in [-0.05, 0) is 42.4 Å². The fourth-order valence-electron chi connectivity index (χ4n) is 3.53. The van der Waals surface area contributed by atoms with Crippen molar-refractivity contribution in [3.05, 3.63) is 0 Å². The molecular weight excluding hydrogens is 192 g/mol. The largest absolute Gasteiger partial charge is 0.288 e. The first-order valence-electron chi connectivity index (χ1n) is 5.65. The van der Waals surface area contributed by atoms with Crippen LogP contribution in [0.3, 0.4) is 0 Å². The Hall–Kier alpha value is 0.0200. The van der Waals surface area contributed by atoms with Gasteiger partial charge in [-0.3, -0.25) is 4.79 Å². The first-order chi connectivity index (χ1) is 6.51. The number of carbonyl (C=O) groups excluding carboxylic acids is 1. The summed E-state index contributed by atoms with van der Waals surface area (Å²) in [5, 5.41) is 0.281. The Labute approximate surface area is 91.0 Å². The summed E-state index contributed by atoms with van der Waals surface area (Å²) in [5.41, 5.74) is 0.491. The average molecular weight is 212 g/mol. The van der Waals surface area contributed by atoms with Crippen molar-refractivity contribution in [3.8, 4) is 0 Å². The summed E-state index contributed by atoms with van der Waals surface area (Å²) in [7, 11) is 0. The van der Waals surface area contributed by atoms with E-state index in [4.69, 9.17) is 0 Å². The topological polar surface area (TPSA) is 17.1 Å². The summed E-state index contributed by atoms with van der Waals surface area (Å²) >= 11 is 1.53. The van der Waals surface area contributed by atoms with Gasteiger partial charge in [0.15, 0.2) is 5.12 Å². The number of rotatable bonds is 2. The molecule has 0 aromatic carbocycles. The zero-order valence-electron chi connectivity index (χ0n) is 9.38. The molecule has 0 N–H and O–H groups in total. The van der Waals surface area contributed by atoms with Crippen LogP contribution in [0.15, 0.2) is 0 Å². The van der Waals surface area contributed by atoms with Gasteiger partial charge in [0.05, 0.1) is 0 Å². The second-order valence-electron chi connectivity index (χ2n) is 5.50. The van der Waals surface area contributed by atoms with Crippen LogP contribution in [0.4, 0.5) is 0 Å². The molecule has 80 valence electrons.